The number of aromatic nitrogens is 3. The zero-order chi connectivity index (χ0) is 42.1. The van der Waals surface area contributed by atoms with Gasteiger partial charge in [-0.05, 0) is 55.9 Å². The van der Waals surface area contributed by atoms with Gasteiger partial charge in [0, 0.05) is 36.0 Å². The minimum Gasteiger partial charge on any atom is -0.497 e. The van der Waals surface area contributed by atoms with E-state index in [2.05, 4.69) is 20.3 Å². The summed E-state index contributed by atoms with van der Waals surface area (Å²) in [6, 6.07) is 14.4. The molecule has 8 N–H and O–H groups in total. The van der Waals surface area contributed by atoms with Crippen LogP contribution in [-0.2, 0) is 9.59 Å². The molecule has 1 aromatic heterocycles. The van der Waals surface area contributed by atoms with Gasteiger partial charge in [0.15, 0.2) is 17.4 Å². The lowest BCUT2D eigenvalue weighted by molar-refractivity contribution is -0.193. The number of nitrogens with zero attached hydrogens (tertiary/aromatic N) is 3. The molecule has 16 nitrogen and oxygen atoms in total. The molecule has 2 heterocycles. The number of aromatic carboxylic acids is 1. The quantitative estimate of drug-likeness (QED) is 0.0675. The Labute approximate surface area is 310 Å². The summed E-state index contributed by atoms with van der Waals surface area (Å²) in [6.45, 7) is 1.46. The number of aliphatic carboxylic acids is 2. The highest BCUT2D eigenvalue weighted by Crippen LogP contribution is 2.36. The number of nitrogen functional groups attached to an aromatic ring is 1. The maximum absolute atomic E-state index is 16.3. The highest BCUT2D eigenvalue weighted by atomic mass is 19.4. The van der Waals surface area contributed by atoms with Crippen molar-refractivity contribution in [1.82, 2.24) is 19.7 Å². The largest absolute Gasteiger partial charge is 0.497 e. The Hall–Kier alpha value is -6.65. The van der Waals surface area contributed by atoms with Crippen molar-refractivity contribution >= 4 is 29.4 Å². The van der Waals surface area contributed by atoms with Gasteiger partial charge in [-0.1, -0.05) is 12.1 Å². The van der Waals surface area contributed by atoms with Gasteiger partial charge in [-0.25, -0.2) is 23.6 Å². The number of amidine groups is 1. The molecule has 2 atom stereocenters. The number of likely N-dealkylation sites (N-methyl/N-ethyl adjacent to an activating group) is 1. The van der Waals surface area contributed by atoms with Gasteiger partial charge >= 0.3 is 36.0 Å². The number of rotatable bonds is 10. The van der Waals surface area contributed by atoms with Gasteiger partial charge in [0.2, 0.25) is 0 Å². The number of hydrogen-bond donors (Lipinski definition) is 7. The van der Waals surface area contributed by atoms with E-state index >= 15 is 4.39 Å². The molecule has 0 saturated carbocycles. The van der Waals surface area contributed by atoms with Crippen LogP contribution in [-0.4, -0.2) is 104 Å². The van der Waals surface area contributed by atoms with Crippen molar-refractivity contribution in [3.05, 3.63) is 99.5 Å². The fraction of sp³-hybridized carbons (Fsp3) is 0.273. The van der Waals surface area contributed by atoms with Crippen LogP contribution in [0.4, 0.5) is 36.4 Å². The van der Waals surface area contributed by atoms with Crippen LogP contribution < -0.4 is 26.2 Å². The Balaban J connectivity index is 0.000000512. The number of methoxy groups -OCH3 is 1. The molecule has 1 saturated heterocycles. The van der Waals surface area contributed by atoms with E-state index in [0.29, 0.717) is 23.5 Å². The molecule has 0 amide bonds. The molecule has 4 aromatic rings. The number of benzene rings is 3. The summed E-state index contributed by atoms with van der Waals surface area (Å²) < 4.78 is 92.2. The van der Waals surface area contributed by atoms with Crippen molar-refractivity contribution in [2.45, 2.75) is 30.9 Å². The second kappa shape index (κ2) is 18.1. The van der Waals surface area contributed by atoms with Crippen molar-refractivity contribution < 1.29 is 69.9 Å². The number of carbonyl (C=O) groups is 3. The standard InChI is InChI=1S/C29H30FN7O5.2C2HF3O2/c1-36-12-11-18(15-36)42-23-14-19(41-2)13-21(24(23)30)25(33-17-9-7-16(8-10-17)26(31)32)27-34-29(40)37(35-27)22-6-4-3-5-20(22)28(38)39;2*3-2(4,5)1(6)7/h3-10,13-14,18,25,33H,11-12,15H2,1-2H3,(H3,31,32)(H,38,39)(H,34,35,40);2*(H,6,7). The van der Waals surface area contributed by atoms with Crippen molar-refractivity contribution in [2.24, 2.45) is 5.73 Å². The average molecular weight is 804 g/mol. The van der Waals surface area contributed by atoms with Crippen LogP contribution in [0.25, 0.3) is 5.69 Å². The van der Waals surface area contributed by atoms with E-state index in [0.717, 1.165) is 17.6 Å². The summed E-state index contributed by atoms with van der Waals surface area (Å²) >= 11 is 0. The second-order valence-corrected chi connectivity index (χ2v) is 11.5. The van der Waals surface area contributed by atoms with Gasteiger partial charge in [-0.3, -0.25) is 10.4 Å². The summed E-state index contributed by atoms with van der Waals surface area (Å²) in [5.74, 6) is -7.22. The molecule has 56 heavy (non-hydrogen) atoms. The maximum Gasteiger partial charge on any atom is 0.490 e. The number of para-hydroxylation sites is 1. The van der Waals surface area contributed by atoms with Crippen molar-refractivity contribution in [3.63, 3.8) is 0 Å². The van der Waals surface area contributed by atoms with Crippen LogP contribution in [0.1, 0.15) is 39.8 Å². The average Bonchev–Trinajstić information content (AvgIpc) is 3.72. The van der Waals surface area contributed by atoms with Crippen LogP contribution in [0.15, 0.2) is 65.5 Å². The van der Waals surface area contributed by atoms with Gasteiger partial charge < -0.3 is 40.7 Å². The van der Waals surface area contributed by atoms with Gasteiger partial charge in [0.05, 0.1) is 18.4 Å². The fourth-order valence-electron chi connectivity index (χ4n) is 4.86. The van der Waals surface area contributed by atoms with Gasteiger partial charge in [-0.15, -0.1) is 5.10 Å². The molecule has 1 fully saturated rings. The Bertz CT molecular complexity index is 2080. The first kappa shape index (κ1) is 43.8. The molecule has 1 aliphatic heterocycles. The van der Waals surface area contributed by atoms with E-state index in [4.69, 9.17) is 40.4 Å². The third-order valence-corrected chi connectivity index (χ3v) is 7.49. The predicted octanol–water partition coefficient (Wildman–Crippen LogP) is 4.24. The third-order valence-electron chi connectivity index (χ3n) is 7.49. The second-order valence-electron chi connectivity index (χ2n) is 11.5. The maximum atomic E-state index is 16.3. The Morgan fingerprint density at radius 1 is 1.00 bits per heavy atom. The molecule has 0 aliphatic carbocycles. The van der Waals surface area contributed by atoms with Crippen molar-refractivity contribution in [1.29, 1.82) is 5.41 Å². The number of aromatic amines is 1. The van der Waals surface area contributed by atoms with Gasteiger partial charge in [0.25, 0.3) is 0 Å². The van der Waals surface area contributed by atoms with E-state index in [1.165, 1.54) is 37.4 Å². The SMILES string of the molecule is COc1cc(OC2CCN(C)C2)c(F)c(C(Nc2ccc(C(=N)N)cc2)c2nn(-c3ccccc3C(=O)O)c(=O)[nH]2)c1.O=C(O)C(F)(F)F.O=C(O)C(F)(F)F. The number of halogens is 7. The Morgan fingerprint density at radius 2 is 1.57 bits per heavy atom. The molecular formula is C33H32F7N7O9. The number of nitrogens with one attached hydrogen (secondary N) is 3. The first-order valence-corrected chi connectivity index (χ1v) is 15.6. The highest BCUT2D eigenvalue weighted by Gasteiger charge is 2.39. The molecular weight excluding hydrogens is 771 g/mol. The lowest BCUT2D eigenvalue weighted by Crippen LogP contribution is -2.23. The molecule has 0 bridgehead atoms. The topological polar surface area (TPSA) is 246 Å². The van der Waals surface area contributed by atoms with E-state index in [1.54, 1.807) is 30.3 Å². The summed E-state index contributed by atoms with van der Waals surface area (Å²) in [6.07, 6.45) is -9.66. The molecule has 2 unspecified atom stereocenters. The number of carboxylic acid groups (broad SMARTS) is 3. The molecule has 302 valence electrons. The molecule has 23 heteroatoms. The minimum atomic E-state index is -5.08. The molecule has 3 aromatic carbocycles. The number of nitrogens with two attached hydrogens (primary N) is 1. The normalized spacial score (nSPS) is 14.6. The van der Waals surface area contributed by atoms with Gasteiger partial charge in [-0.2, -0.15) is 31.0 Å². The van der Waals surface area contributed by atoms with E-state index in [-0.39, 0.29) is 40.3 Å². The number of ether oxygens (including phenoxy) is 2. The highest BCUT2D eigenvalue weighted by molar-refractivity contribution is 5.95. The van der Waals surface area contributed by atoms with E-state index < -0.39 is 47.8 Å². The van der Waals surface area contributed by atoms with Crippen LogP contribution in [0.3, 0.4) is 0 Å². The van der Waals surface area contributed by atoms with Crippen molar-refractivity contribution in [2.75, 3.05) is 32.6 Å². The zero-order valence-electron chi connectivity index (χ0n) is 28.9. The summed E-state index contributed by atoms with van der Waals surface area (Å²) in [4.78, 5) is 47.5. The van der Waals surface area contributed by atoms with Crippen molar-refractivity contribution in [3.8, 4) is 17.2 Å². The number of alkyl halides is 6. The molecule has 0 spiro atoms. The number of carboxylic acids is 3. The first-order chi connectivity index (χ1) is 26.0. The van der Waals surface area contributed by atoms with E-state index in [1.807, 2.05) is 7.05 Å². The summed E-state index contributed by atoms with van der Waals surface area (Å²) in [5.41, 5.74) is 5.85. The number of anilines is 1. The van der Waals surface area contributed by atoms with Crippen LogP contribution in [0, 0.1) is 11.2 Å². The lowest BCUT2D eigenvalue weighted by atomic mass is 10.0. The van der Waals surface area contributed by atoms with Gasteiger partial charge in [0.1, 0.15) is 23.7 Å². The fourth-order valence-corrected chi connectivity index (χ4v) is 4.86. The number of H-pyrrole nitrogens is 1. The monoisotopic (exact) mass is 803 g/mol. The van der Waals surface area contributed by atoms with Crippen LogP contribution in [0.5, 0.6) is 11.5 Å². The van der Waals surface area contributed by atoms with Crippen LogP contribution >= 0.6 is 0 Å². The Morgan fingerprint density at radius 3 is 2.05 bits per heavy atom. The summed E-state index contributed by atoms with van der Waals surface area (Å²) in [7, 11) is 3.41. The zero-order valence-corrected chi connectivity index (χ0v) is 28.9. The molecule has 0 radical (unpaired) electrons. The minimum absolute atomic E-state index is 0.00883. The predicted molar refractivity (Wildman–Crippen MR) is 181 cm³/mol. The Kier molecular flexibility index (Phi) is 14.2. The number of hydrogen-bond acceptors (Lipinski definition) is 10. The number of likely N-dealkylation sites (tertiary alicyclic amines) is 1. The van der Waals surface area contributed by atoms with E-state index in [9.17, 15) is 41.0 Å². The smallest absolute Gasteiger partial charge is 0.490 e. The lowest BCUT2D eigenvalue weighted by Gasteiger charge is -2.22. The first-order valence-electron chi connectivity index (χ1n) is 15.6. The molecule has 1 aliphatic rings. The molecule has 5 rings (SSSR count). The van der Waals surface area contributed by atoms with Crippen LogP contribution in [0.2, 0.25) is 0 Å². The summed E-state index contributed by atoms with van der Waals surface area (Å²) in [5, 5.41) is 39.2. The third kappa shape index (κ3) is 11.7.